The van der Waals surface area contributed by atoms with Gasteiger partial charge in [-0.15, -0.1) is 0 Å². The van der Waals surface area contributed by atoms with Gasteiger partial charge in [0.05, 0.1) is 7.05 Å². The highest BCUT2D eigenvalue weighted by Gasteiger charge is 2.12. The van der Waals surface area contributed by atoms with E-state index in [1.165, 1.54) is 0 Å². The van der Waals surface area contributed by atoms with Crippen LogP contribution in [-0.2, 0) is 18.4 Å². The molecule has 0 aliphatic rings. The molecule has 0 spiro atoms. The predicted molar refractivity (Wildman–Crippen MR) is 53.8 cm³/mol. The van der Waals surface area contributed by atoms with Crippen LogP contribution in [0.25, 0.3) is 11.0 Å². The fraction of sp³-hybridized carbons (Fsp3) is 0.273. The van der Waals surface area contributed by atoms with Crippen LogP contribution in [0.15, 0.2) is 30.6 Å². The Bertz CT molecular complexity index is 490. The van der Waals surface area contributed by atoms with Gasteiger partial charge in [0.2, 0.25) is 6.33 Å². The fourth-order valence-electron chi connectivity index (χ4n) is 1.70. The molecular weight excluding hydrogens is 256 g/mol. The molecule has 2 rings (SSSR count). The average Bonchev–Trinajstić information content (AvgIpc) is 2.44. The van der Waals surface area contributed by atoms with Crippen LogP contribution in [0, 0.1) is 0 Å². The number of carbonyl (C=O) groups is 1. The smallest absolute Gasteiger partial charge is 0.244 e. The van der Waals surface area contributed by atoms with Crippen molar-refractivity contribution in [2.45, 2.75) is 13.5 Å². The van der Waals surface area contributed by atoms with E-state index in [9.17, 15) is 4.79 Å². The minimum absolute atomic E-state index is 0. The minimum Gasteiger partial charge on any atom is -1.00 e. The summed E-state index contributed by atoms with van der Waals surface area (Å²) >= 11 is 0. The Kier molecular flexibility index (Phi) is 3.63. The second-order valence-electron chi connectivity index (χ2n) is 3.55. The van der Waals surface area contributed by atoms with Gasteiger partial charge in [-0.1, -0.05) is 12.1 Å². The first-order chi connectivity index (χ1) is 6.68. The number of nitrogens with zero attached hydrogens (tertiary/aromatic N) is 2. The van der Waals surface area contributed by atoms with Gasteiger partial charge in [-0.05, 0) is 19.1 Å². The molecule has 0 saturated heterocycles. The number of fused-ring (bicyclic) bond motifs is 1. The van der Waals surface area contributed by atoms with Crippen LogP contribution in [0.3, 0.4) is 0 Å². The normalized spacial score (nSPS) is 10.0. The lowest BCUT2D eigenvalue weighted by Gasteiger charge is -1.91. The third-order valence-corrected chi connectivity index (χ3v) is 2.28. The summed E-state index contributed by atoms with van der Waals surface area (Å²) in [6.07, 6.45) is 1.95. The molecule has 0 radical (unpaired) electrons. The molecule has 2 aromatic rings. The summed E-state index contributed by atoms with van der Waals surface area (Å²) in [5.74, 6) is 0.173. The van der Waals surface area contributed by atoms with Crippen molar-refractivity contribution < 1.29 is 26.3 Å². The maximum Gasteiger partial charge on any atom is 0.244 e. The van der Waals surface area contributed by atoms with E-state index >= 15 is 0 Å². The van der Waals surface area contributed by atoms with Crippen LogP contribution in [0.2, 0.25) is 0 Å². The zero-order valence-corrected chi connectivity index (χ0v) is 10.4. The number of carbonyl (C=O) groups excluding carboxylic acids is 1. The van der Waals surface area contributed by atoms with Crippen LogP contribution < -0.4 is 21.5 Å². The molecule has 0 aliphatic heterocycles. The van der Waals surface area contributed by atoms with Crippen molar-refractivity contribution in [2.24, 2.45) is 7.05 Å². The summed E-state index contributed by atoms with van der Waals surface area (Å²) in [5.41, 5.74) is 2.25. The van der Waals surface area contributed by atoms with E-state index in [-0.39, 0.29) is 22.8 Å². The molecule has 0 amide bonds. The highest BCUT2D eigenvalue weighted by atomic mass is 79.9. The molecule has 4 heteroatoms. The second kappa shape index (κ2) is 4.57. The molecule has 0 aliphatic carbocycles. The van der Waals surface area contributed by atoms with Crippen LogP contribution in [-0.4, -0.2) is 10.4 Å². The number of benzene rings is 1. The molecule has 0 N–H and O–H groups in total. The van der Waals surface area contributed by atoms with E-state index < -0.39 is 0 Å². The highest BCUT2D eigenvalue weighted by Crippen LogP contribution is 2.09. The van der Waals surface area contributed by atoms with Crippen LogP contribution >= 0.6 is 0 Å². The van der Waals surface area contributed by atoms with Crippen LogP contribution in [0.4, 0.5) is 0 Å². The van der Waals surface area contributed by atoms with E-state index in [0.717, 1.165) is 11.0 Å². The Morgan fingerprint density at radius 2 is 2.07 bits per heavy atom. The van der Waals surface area contributed by atoms with Crippen molar-refractivity contribution in [3.8, 4) is 0 Å². The van der Waals surface area contributed by atoms with E-state index in [0.29, 0.717) is 6.54 Å². The Morgan fingerprint density at radius 1 is 1.40 bits per heavy atom. The first-order valence-corrected chi connectivity index (χ1v) is 4.61. The van der Waals surface area contributed by atoms with Crippen molar-refractivity contribution >= 4 is 16.8 Å². The van der Waals surface area contributed by atoms with E-state index in [1.54, 1.807) is 6.92 Å². The van der Waals surface area contributed by atoms with Crippen molar-refractivity contribution in [1.29, 1.82) is 0 Å². The first kappa shape index (κ1) is 11.9. The highest BCUT2D eigenvalue weighted by molar-refractivity contribution is 5.78. The number of aromatic nitrogens is 2. The Labute approximate surface area is 99.1 Å². The molecular formula is C11H13BrN2O. The summed E-state index contributed by atoms with van der Waals surface area (Å²) in [7, 11) is 1.99. The molecule has 15 heavy (non-hydrogen) atoms. The number of hydrogen-bond acceptors (Lipinski definition) is 1. The molecule has 0 fully saturated rings. The van der Waals surface area contributed by atoms with Gasteiger partial charge in [0, 0.05) is 0 Å². The summed E-state index contributed by atoms with van der Waals surface area (Å²) in [5, 5.41) is 0. The van der Waals surface area contributed by atoms with Crippen molar-refractivity contribution in [1.82, 2.24) is 4.57 Å². The number of Topliss-reactive ketones (excluding diaryl/α,β-unsaturated/α-hetero) is 1. The number of para-hydroxylation sites is 2. The zero-order chi connectivity index (χ0) is 10.1. The lowest BCUT2D eigenvalue weighted by atomic mass is 10.3. The number of hydrogen-bond donors (Lipinski definition) is 0. The van der Waals surface area contributed by atoms with Gasteiger partial charge in [0.1, 0.15) is 6.54 Å². The molecule has 0 unspecified atom stereocenters. The summed E-state index contributed by atoms with van der Waals surface area (Å²) in [6, 6.07) is 8.06. The largest absolute Gasteiger partial charge is 1.00 e. The average molecular weight is 269 g/mol. The lowest BCUT2D eigenvalue weighted by molar-refractivity contribution is -0.645. The van der Waals surface area contributed by atoms with Gasteiger partial charge in [0.15, 0.2) is 16.8 Å². The molecule has 0 saturated carbocycles. The number of imidazole rings is 1. The van der Waals surface area contributed by atoms with Crippen molar-refractivity contribution in [3.05, 3.63) is 30.6 Å². The third-order valence-electron chi connectivity index (χ3n) is 2.28. The minimum atomic E-state index is 0. The number of rotatable bonds is 2. The quantitative estimate of drug-likeness (QED) is 0.582. The molecule has 3 nitrogen and oxygen atoms in total. The third kappa shape index (κ3) is 2.26. The van der Waals surface area contributed by atoms with Crippen molar-refractivity contribution in [3.63, 3.8) is 0 Å². The lowest BCUT2D eigenvalue weighted by Crippen LogP contribution is -3.00. The molecule has 80 valence electrons. The summed E-state index contributed by atoms with van der Waals surface area (Å²) < 4.78 is 4.00. The topological polar surface area (TPSA) is 25.9 Å². The monoisotopic (exact) mass is 268 g/mol. The maximum absolute atomic E-state index is 11.0. The summed E-state index contributed by atoms with van der Waals surface area (Å²) in [6.45, 7) is 2.05. The SMILES string of the molecule is CC(=O)Cn1c[n+](C)c2ccccc21.[Br-]. The fourth-order valence-corrected chi connectivity index (χ4v) is 1.70. The molecule has 1 aromatic heterocycles. The van der Waals surface area contributed by atoms with E-state index in [1.807, 2.05) is 46.8 Å². The van der Waals surface area contributed by atoms with Gasteiger partial charge in [-0.2, -0.15) is 0 Å². The van der Waals surface area contributed by atoms with Gasteiger partial charge < -0.3 is 17.0 Å². The molecule has 1 aromatic carbocycles. The van der Waals surface area contributed by atoms with Crippen molar-refractivity contribution in [2.75, 3.05) is 0 Å². The van der Waals surface area contributed by atoms with E-state index in [2.05, 4.69) is 0 Å². The molecule has 0 atom stereocenters. The predicted octanol–water partition coefficient (Wildman–Crippen LogP) is -1.94. The number of aryl methyl sites for hydroxylation is 1. The zero-order valence-electron chi connectivity index (χ0n) is 8.77. The Balaban J connectivity index is 0.00000112. The summed E-state index contributed by atoms with van der Waals surface area (Å²) in [4.78, 5) is 11.0. The van der Waals surface area contributed by atoms with Gasteiger partial charge >= 0.3 is 0 Å². The molecule has 0 bridgehead atoms. The Hall–Kier alpha value is -1.16. The number of ketones is 1. The standard InChI is InChI=1S/C11H13N2O.BrH/c1-9(14)7-13-8-12(2)10-5-3-4-6-11(10)13;/h3-6,8H,7H2,1-2H3;1H/q+1;/p-1. The molecule has 1 heterocycles. The second-order valence-corrected chi connectivity index (χ2v) is 3.55. The van der Waals surface area contributed by atoms with Gasteiger partial charge in [-0.25, -0.2) is 9.13 Å². The maximum atomic E-state index is 11.0. The van der Waals surface area contributed by atoms with Gasteiger partial charge in [0.25, 0.3) is 0 Å². The first-order valence-electron chi connectivity index (χ1n) is 4.61. The van der Waals surface area contributed by atoms with E-state index in [4.69, 9.17) is 0 Å². The Morgan fingerprint density at radius 3 is 2.73 bits per heavy atom. The van der Waals surface area contributed by atoms with Crippen LogP contribution in [0.1, 0.15) is 6.92 Å². The van der Waals surface area contributed by atoms with Crippen LogP contribution in [0.5, 0.6) is 0 Å². The number of halogens is 1. The van der Waals surface area contributed by atoms with Gasteiger partial charge in [-0.3, -0.25) is 4.79 Å².